The summed E-state index contributed by atoms with van der Waals surface area (Å²) in [6.45, 7) is 11.2. The molecule has 0 spiro atoms. The fourth-order valence-corrected chi connectivity index (χ4v) is 4.96. The molecule has 1 N–H and O–H groups in total. The Morgan fingerprint density at radius 3 is 2.71 bits per heavy atom. The van der Waals surface area contributed by atoms with Crippen LogP contribution in [-0.4, -0.2) is 53.0 Å². The van der Waals surface area contributed by atoms with Gasteiger partial charge in [0.1, 0.15) is 11.5 Å². The summed E-state index contributed by atoms with van der Waals surface area (Å²) >= 11 is 0. The van der Waals surface area contributed by atoms with Gasteiger partial charge in [-0.05, 0) is 69.7 Å². The molecule has 0 saturated carbocycles. The van der Waals surface area contributed by atoms with Gasteiger partial charge in [-0.1, -0.05) is 48.1 Å². The van der Waals surface area contributed by atoms with E-state index in [1.54, 1.807) is 12.1 Å². The first-order valence-corrected chi connectivity index (χ1v) is 13.2. The van der Waals surface area contributed by atoms with Gasteiger partial charge >= 0.3 is 5.97 Å². The molecule has 0 bridgehead atoms. The summed E-state index contributed by atoms with van der Waals surface area (Å²) in [5.41, 5.74) is 5.02. The molecule has 4 rings (SSSR count). The van der Waals surface area contributed by atoms with E-state index < -0.39 is 17.8 Å². The van der Waals surface area contributed by atoms with Crippen LogP contribution < -0.4 is 4.90 Å². The van der Waals surface area contributed by atoms with Gasteiger partial charge in [0.15, 0.2) is 0 Å². The summed E-state index contributed by atoms with van der Waals surface area (Å²) in [5.74, 6) is -0.759. The second-order valence-corrected chi connectivity index (χ2v) is 9.97. The van der Waals surface area contributed by atoms with Crippen LogP contribution >= 0.6 is 0 Å². The van der Waals surface area contributed by atoms with Crippen molar-refractivity contribution < 1.29 is 14.3 Å². The molecule has 38 heavy (non-hydrogen) atoms. The second-order valence-electron chi connectivity index (χ2n) is 9.97. The van der Waals surface area contributed by atoms with Crippen LogP contribution in [0.2, 0.25) is 0 Å². The number of guanidine groups is 1. The van der Waals surface area contributed by atoms with Crippen molar-refractivity contribution in [3.8, 4) is 0 Å². The lowest BCUT2D eigenvalue weighted by Gasteiger charge is -2.42. The number of carboxylic acids is 1. The van der Waals surface area contributed by atoms with Crippen LogP contribution in [0.1, 0.15) is 49.4 Å². The van der Waals surface area contributed by atoms with Gasteiger partial charge in [-0.15, -0.1) is 0 Å². The number of aliphatic carboxylic acids is 1. The highest BCUT2D eigenvalue weighted by Gasteiger charge is 2.37. The molecule has 1 unspecified atom stereocenters. The zero-order valence-corrected chi connectivity index (χ0v) is 22.7. The molecule has 2 heterocycles. The van der Waals surface area contributed by atoms with Crippen LogP contribution in [0.25, 0.3) is 0 Å². The molecule has 0 amide bonds. The van der Waals surface area contributed by atoms with E-state index in [4.69, 9.17) is 4.99 Å². The van der Waals surface area contributed by atoms with E-state index in [9.17, 15) is 9.90 Å². The zero-order chi connectivity index (χ0) is 27.2. The quantitative estimate of drug-likeness (QED) is 0.444. The number of aryl methyl sites for hydroxylation is 2. The summed E-state index contributed by atoms with van der Waals surface area (Å²) in [6.07, 6.45) is 11.1. The van der Waals surface area contributed by atoms with E-state index in [-0.39, 0.29) is 12.1 Å². The molecular formula is C31H37FN4O2. The monoisotopic (exact) mass is 516 g/mol. The number of aliphatic imine (C=N–C) groups is 1. The maximum atomic E-state index is 15.1. The van der Waals surface area contributed by atoms with E-state index in [1.165, 1.54) is 11.6 Å². The Kier molecular flexibility index (Phi) is 8.66. The minimum atomic E-state index is -0.935. The molecule has 200 valence electrons. The lowest BCUT2D eigenvalue weighted by molar-refractivity contribution is -0.137. The first-order valence-electron chi connectivity index (χ1n) is 13.2. The van der Waals surface area contributed by atoms with Crippen LogP contribution in [0.15, 0.2) is 77.5 Å². The number of carbonyl (C=O) groups is 1. The average molecular weight is 517 g/mol. The third kappa shape index (κ3) is 6.15. The average Bonchev–Trinajstić information content (AvgIpc) is 3.13. The number of fused-ring (bicyclic) bond motifs is 1. The van der Waals surface area contributed by atoms with Crippen LogP contribution in [0, 0.1) is 19.7 Å². The van der Waals surface area contributed by atoms with Gasteiger partial charge < -0.3 is 19.8 Å². The molecule has 0 aromatic heterocycles. The van der Waals surface area contributed by atoms with Crippen LogP contribution in [0.5, 0.6) is 0 Å². The summed E-state index contributed by atoms with van der Waals surface area (Å²) in [6, 6.07) is 10.4. The fourth-order valence-electron chi connectivity index (χ4n) is 4.96. The van der Waals surface area contributed by atoms with Gasteiger partial charge in [0.25, 0.3) is 0 Å². The largest absolute Gasteiger partial charge is 0.481 e. The molecule has 1 atom stereocenters. The summed E-state index contributed by atoms with van der Waals surface area (Å²) in [4.78, 5) is 23.4. The lowest BCUT2D eigenvalue weighted by Crippen LogP contribution is -2.49. The molecule has 0 radical (unpaired) electrons. The number of rotatable bonds is 6. The van der Waals surface area contributed by atoms with Gasteiger partial charge in [0.05, 0.1) is 12.5 Å². The van der Waals surface area contributed by atoms with Crippen molar-refractivity contribution in [2.75, 3.05) is 31.1 Å². The first kappa shape index (κ1) is 27.2. The van der Waals surface area contributed by atoms with Crippen molar-refractivity contribution in [3.05, 3.63) is 95.0 Å². The zero-order valence-electron chi connectivity index (χ0n) is 22.7. The predicted octanol–water partition coefficient (Wildman–Crippen LogP) is 6.51. The highest BCUT2D eigenvalue weighted by atomic mass is 19.1. The maximum Gasteiger partial charge on any atom is 0.305 e. The minimum Gasteiger partial charge on any atom is -0.481 e. The third-order valence-corrected chi connectivity index (χ3v) is 7.14. The smallest absolute Gasteiger partial charge is 0.305 e. The normalized spacial score (nSPS) is 18.7. The van der Waals surface area contributed by atoms with Gasteiger partial charge in [-0.2, -0.15) is 0 Å². The number of benzene rings is 2. The number of halogens is 1. The Labute approximate surface area is 225 Å². The van der Waals surface area contributed by atoms with Gasteiger partial charge in [0.2, 0.25) is 5.96 Å². The molecule has 2 aromatic rings. The van der Waals surface area contributed by atoms with E-state index in [1.807, 2.05) is 43.9 Å². The number of hydrogen-bond donors (Lipinski definition) is 1. The highest BCUT2D eigenvalue weighted by molar-refractivity contribution is 6.01. The van der Waals surface area contributed by atoms with Crippen molar-refractivity contribution in [1.29, 1.82) is 0 Å². The molecule has 2 aliphatic rings. The number of hydrogen-bond acceptors (Lipinski definition) is 5. The van der Waals surface area contributed by atoms with Crippen LogP contribution in [-0.2, 0) is 4.79 Å². The Morgan fingerprint density at radius 1 is 1.13 bits per heavy atom. The molecular weight excluding hydrogens is 479 g/mol. The van der Waals surface area contributed by atoms with Gasteiger partial charge in [0, 0.05) is 37.4 Å². The molecule has 6 nitrogen and oxygen atoms in total. The summed E-state index contributed by atoms with van der Waals surface area (Å²) < 4.78 is 15.1. The molecule has 1 saturated heterocycles. The van der Waals surface area contributed by atoms with E-state index in [0.29, 0.717) is 18.1 Å². The molecule has 2 aliphatic heterocycles. The molecule has 0 aliphatic carbocycles. The van der Waals surface area contributed by atoms with Gasteiger partial charge in [-0.25, -0.2) is 9.38 Å². The molecule has 2 aromatic carbocycles. The summed E-state index contributed by atoms with van der Waals surface area (Å²) in [5, 5.41) is 9.88. The Hall–Kier alpha value is -3.87. The number of nitrogens with zero attached hydrogens (tertiary/aromatic N) is 4. The second kappa shape index (κ2) is 12.1. The number of allylic oxidation sites excluding steroid dienone is 5. The Morgan fingerprint density at radius 2 is 1.95 bits per heavy atom. The minimum absolute atomic E-state index is 0.163. The van der Waals surface area contributed by atoms with Crippen LogP contribution in [0.4, 0.5) is 15.8 Å². The summed E-state index contributed by atoms with van der Waals surface area (Å²) in [7, 11) is 0. The van der Waals surface area contributed by atoms with Crippen molar-refractivity contribution >= 4 is 23.3 Å². The fraction of sp³-hybridized carbons (Fsp3) is 0.355. The standard InChI is InChI=1S/C31H37FN4O2/c1-5-22(2)10-6-7-15-34-16-9-17-35(19-18-34)31-33-30-25(11-8-12-26(30)32)28(21-29(37)38)36(31)27-20-23(3)13-14-24(27)4/h5-8,10-15,20,28H,9,16-19,21H2,1-4H3,(H,37,38)/b10-6-,15-7+,22-5-. The lowest BCUT2D eigenvalue weighted by atomic mass is 9.96. The van der Waals surface area contributed by atoms with Crippen LogP contribution in [0.3, 0.4) is 0 Å². The number of carboxylic acid groups (broad SMARTS) is 1. The van der Waals surface area contributed by atoms with Crippen molar-refractivity contribution in [3.63, 3.8) is 0 Å². The molecule has 1 fully saturated rings. The first-order chi connectivity index (χ1) is 18.3. The Bertz CT molecular complexity index is 1300. The molecule has 7 heteroatoms. The van der Waals surface area contributed by atoms with E-state index in [2.05, 4.69) is 47.2 Å². The topological polar surface area (TPSA) is 59.4 Å². The Balaban J connectivity index is 1.72. The van der Waals surface area contributed by atoms with Crippen molar-refractivity contribution in [2.45, 2.75) is 46.6 Å². The number of para-hydroxylation sites is 1. The van der Waals surface area contributed by atoms with E-state index >= 15 is 4.39 Å². The predicted molar refractivity (Wildman–Crippen MR) is 152 cm³/mol. The third-order valence-electron chi connectivity index (χ3n) is 7.14. The van der Waals surface area contributed by atoms with Gasteiger partial charge in [-0.3, -0.25) is 4.79 Å². The van der Waals surface area contributed by atoms with Crippen molar-refractivity contribution in [1.82, 2.24) is 9.80 Å². The number of anilines is 1. The maximum absolute atomic E-state index is 15.1. The van der Waals surface area contributed by atoms with Crippen molar-refractivity contribution in [2.24, 2.45) is 4.99 Å². The highest BCUT2D eigenvalue weighted by Crippen LogP contribution is 2.42. The SMILES string of the molecule is C\C=C(C)/C=C\C=C\N1CCCN(C2=Nc3c(F)cccc3C(CC(=O)O)N2c2cc(C)ccc2C)CC1. The van der Waals surface area contributed by atoms with E-state index in [0.717, 1.165) is 42.9 Å².